The third kappa shape index (κ3) is 4.33. The molecular weight excluding hydrogens is 268 g/mol. The smallest absolute Gasteiger partial charge is 0.246 e. The molecule has 104 valence electrons. The first kappa shape index (κ1) is 14.5. The predicted molar refractivity (Wildman–Crippen MR) is 84.3 cm³/mol. The van der Waals surface area contributed by atoms with E-state index in [4.69, 9.17) is 5.73 Å². The highest BCUT2D eigenvalue weighted by Crippen LogP contribution is 2.11. The first-order valence-corrected chi connectivity index (χ1v) is 7.42. The van der Waals surface area contributed by atoms with Gasteiger partial charge in [0.2, 0.25) is 5.91 Å². The van der Waals surface area contributed by atoms with Crippen molar-refractivity contribution in [3.8, 4) is 0 Å². The molecule has 2 aromatic rings. The van der Waals surface area contributed by atoms with Crippen LogP contribution in [0.1, 0.15) is 10.4 Å². The van der Waals surface area contributed by atoms with Crippen LogP contribution in [-0.2, 0) is 11.3 Å². The van der Waals surface area contributed by atoms with Crippen molar-refractivity contribution in [2.45, 2.75) is 6.54 Å². The van der Waals surface area contributed by atoms with Gasteiger partial charge in [0.1, 0.15) is 0 Å². The van der Waals surface area contributed by atoms with Gasteiger partial charge in [0, 0.05) is 30.6 Å². The summed E-state index contributed by atoms with van der Waals surface area (Å²) in [5.41, 5.74) is 6.71. The van der Waals surface area contributed by atoms with Gasteiger partial charge in [-0.05, 0) is 23.1 Å². The lowest BCUT2D eigenvalue weighted by atomic mass is 10.2. The SMILES string of the molecule is NCCN(Cc1ccccc1)C(=O)/C=C/c1cccs1. The molecule has 2 rings (SSSR count). The lowest BCUT2D eigenvalue weighted by Gasteiger charge is -2.20. The number of hydrogen-bond acceptors (Lipinski definition) is 3. The highest BCUT2D eigenvalue weighted by molar-refractivity contribution is 7.10. The Balaban J connectivity index is 2.02. The minimum absolute atomic E-state index is 0.00676. The molecule has 3 nitrogen and oxygen atoms in total. The zero-order valence-electron chi connectivity index (χ0n) is 11.2. The van der Waals surface area contributed by atoms with Gasteiger partial charge in [-0.2, -0.15) is 0 Å². The minimum Gasteiger partial charge on any atom is -0.334 e. The molecule has 0 aliphatic carbocycles. The third-order valence-electron chi connectivity index (χ3n) is 2.86. The number of carbonyl (C=O) groups is 1. The Hall–Kier alpha value is -1.91. The highest BCUT2D eigenvalue weighted by Gasteiger charge is 2.10. The van der Waals surface area contributed by atoms with E-state index < -0.39 is 0 Å². The fraction of sp³-hybridized carbons (Fsp3) is 0.188. The maximum Gasteiger partial charge on any atom is 0.246 e. The van der Waals surface area contributed by atoms with E-state index in [0.29, 0.717) is 19.6 Å². The van der Waals surface area contributed by atoms with Crippen molar-refractivity contribution >= 4 is 23.3 Å². The van der Waals surface area contributed by atoms with Crippen LogP contribution in [0.3, 0.4) is 0 Å². The fourth-order valence-corrected chi connectivity index (χ4v) is 2.49. The number of benzene rings is 1. The molecular formula is C16H18N2OS. The molecule has 20 heavy (non-hydrogen) atoms. The van der Waals surface area contributed by atoms with Crippen molar-refractivity contribution in [1.29, 1.82) is 0 Å². The van der Waals surface area contributed by atoms with Crippen molar-refractivity contribution < 1.29 is 4.79 Å². The van der Waals surface area contributed by atoms with Crippen LogP contribution in [-0.4, -0.2) is 23.9 Å². The highest BCUT2D eigenvalue weighted by atomic mass is 32.1. The van der Waals surface area contributed by atoms with E-state index >= 15 is 0 Å². The molecule has 0 saturated heterocycles. The van der Waals surface area contributed by atoms with Crippen LogP contribution < -0.4 is 5.73 Å². The Bertz CT molecular complexity index is 549. The summed E-state index contributed by atoms with van der Waals surface area (Å²) in [6, 6.07) is 13.9. The van der Waals surface area contributed by atoms with E-state index in [1.807, 2.05) is 53.9 Å². The zero-order valence-corrected chi connectivity index (χ0v) is 12.1. The molecule has 0 atom stereocenters. The first-order chi connectivity index (χ1) is 9.79. The van der Waals surface area contributed by atoms with Crippen LogP contribution in [0, 0.1) is 0 Å². The van der Waals surface area contributed by atoms with E-state index in [0.717, 1.165) is 10.4 Å². The molecule has 0 saturated carbocycles. The van der Waals surface area contributed by atoms with Gasteiger partial charge in [0.25, 0.3) is 0 Å². The van der Waals surface area contributed by atoms with Gasteiger partial charge in [-0.3, -0.25) is 4.79 Å². The summed E-state index contributed by atoms with van der Waals surface area (Å²) in [5, 5.41) is 1.99. The van der Waals surface area contributed by atoms with Gasteiger partial charge in [-0.15, -0.1) is 11.3 Å². The molecule has 0 unspecified atom stereocenters. The molecule has 0 fully saturated rings. The summed E-state index contributed by atoms with van der Waals surface area (Å²) < 4.78 is 0. The molecule has 0 spiro atoms. The summed E-state index contributed by atoms with van der Waals surface area (Å²) >= 11 is 1.61. The van der Waals surface area contributed by atoms with E-state index in [9.17, 15) is 4.79 Å². The topological polar surface area (TPSA) is 46.3 Å². The number of rotatable bonds is 6. The molecule has 1 heterocycles. The van der Waals surface area contributed by atoms with Gasteiger partial charge in [-0.1, -0.05) is 36.4 Å². The molecule has 2 N–H and O–H groups in total. The van der Waals surface area contributed by atoms with Gasteiger partial charge < -0.3 is 10.6 Å². The van der Waals surface area contributed by atoms with Gasteiger partial charge in [0.05, 0.1) is 0 Å². The second kappa shape index (κ2) is 7.62. The fourth-order valence-electron chi connectivity index (χ4n) is 1.87. The van der Waals surface area contributed by atoms with E-state index in [2.05, 4.69) is 0 Å². The van der Waals surface area contributed by atoms with Gasteiger partial charge in [-0.25, -0.2) is 0 Å². The van der Waals surface area contributed by atoms with Crippen LogP contribution in [0.4, 0.5) is 0 Å². The summed E-state index contributed by atoms with van der Waals surface area (Å²) in [7, 11) is 0. The standard InChI is InChI=1S/C16H18N2OS/c17-10-11-18(13-14-5-2-1-3-6-14)16(19)9-8-15-7-4-12-20-15/h1-9,12H,10-11,13,17H2/b9-8+. The van der Waals surface area contributed by atoms with Gasteiger partial charge in [0.15, 0.2) is 0 Å². The van der Waals surface area contributed by atoms with E-state index in [-0.39, 0.29) is 5.91 Å². The quantitative estimate of drug-likeness (QED) is 0.830. The lowest BCUT2D eigenvalue weighted by Crippen LogP contribution is -2.33. The third-order valence-corrected chi connectivity index (χ3v) is 3.70. The number of nitrogens with zero attached hydrogens (tertiary/aromatic N) is 1. The zero-order chi connectivity index (χ0) is 14.2. The summed E-state index contributed by atoms with van der Waals surface area (Å²) in [5.74, 6) is -0.00676. The van der Waals surface area contributed by atoms with Crippen molar-refractivity contribution in [2.24, 2.45) is 5.73 Å². The number of nitrogens with two attached hydrogens (primary N) is 1. The number of thiophene rings is 1. The molecule has 0 aliphatic rings. The normalized spacial score (nSPS) is 10.8. The molecule has 0 aliphatic heterocycles. The maximum absolute atomic E-state index is 12.2. The Morgan fingerprint density at radius 1 is 1.20 bits per heavy atom. The Morgan fingerprint density at radius 2 is 2.00 bits per heavy atom. The lowest BCUT2D eigenvalue weighted by molar-refractivity contribution is -0.126. The second-order valence-electron chi connectivity index (χ2n) is 4.38. The minimum atomic E-state index is -0.00676. The summed E-state index contributed by atoms with van der Waals surface area (Å²) in [4.78, 5) is 15.1. The van der Waals surface area contributed by atoms with Crippen LogP contribution >= 0.6 is 11.3 Å². The molecule has 1 aromatic carbocycles. The summed E-state index contributed by atoms with van der Waals surface area (Å²) in [6.45, 7) is 1.61. The van der Waals surface area contributed by atoms with Crippen molar-refractivity contribution in [2.75, 3.05) is 13.1 Å². The van der Waals surface area contributed by atoms with Crippen LogP contribution in [0.25, 0.3) is 6.08 Å². The maximum atomic E-state index is 12.2. The summed E-state index contributed by atoms with van der Waals surface area (Å²) in [6.07, 6.45) is 3.46. The second-order valence-corrected chi connectivity index (χ2v) is 5.36. The van der Waals surface area contributed by atoms with Gasteiger partial charge >= 0.3 is 0 Å². The molecule has 0 radical (unpaired) electrons. The van der Waals surface area contributed by atoms with Crippen LogP contribution in [0.2, 0.25) is 0 Å². The van der Waals surface area contributed by atoms with Crippen LogP contribution in [0.15, 0.2) is 53.9 Å². The van der Waals surface area contributed by atoms with Crippen molar-refractivity contribution in [3.63, 3.8) is 0 Å². The predicted octanol–water partition coefficient (Wildman–Crippen LogP) is 2.75. The number of carbonyl (C=O) groups excluding carboxylic acids is 1. The average molecular weight is 286 g/mol. The molecule has 4 heteroatoms. The Kier molecular flexibility index (Phi) is 5.53. The Labute approximate surface area is 123 Å². The largest absolute Gasteiger partial charge is 0.334 e. The average Bonchev–Trinajstić information content (AvgIpc) is 2.99. The number of amides is 1. The van der Waals surface area contributed by atoms with Crippen molar-refractivity contribution in [3.05, 3.63) is 64.4 Å². The first-order valence-electron chi connectivity index (χ1n) is 6.54. The van der Waals surface area contributed by atoms with E-state index in [1.54, 1.807) is 22.3 Å². The van der Waals surface area contributed by atoms with Crippen molar-refractivity contribution in [1.82, 2.24) is 4.90 Å². The molecule has 1 aromatic heterocycles. The Morgan fingerprint density at radius 3 is 2.65 bits per heavy atom. The molecule has 0 bridgehead atoms. The van der Waals surface area contributed by atoms with E-state index in [1.165, 1.54) is 0 Å². The van der Waals surface area contributed by atoms with Crippen LogP contribution in [0.5, 0.6) is 0 Å². The monoisotopic (exact) mass is 286 g/mol. The molecule has 1 amide bonds. The number of hydrogen-bond donors (Lipinski definition) is 1.